The molecule has 10 heteroatoms. The average Bonchev–Trinajstić information content (AvgIpc) is 2.75. The third-order valence-electron chi connectivity index (χ3n) is 2.23. The largest absolute Gasteiger partial charge is 0.293 e. The normalized spacial score (nSPS) is 11.3. The predicted molar refractivity (Wildman–Crippen MR) is 80.9 cm³/mol. The summed E-state index contributed by atoms with van der Waals surface area (Å²) in [6, 6.07) is 5.23. The molecule has 106 valence electrons. The Morgan fingerprint density at radius 2 is 2.05 bits per heavy atom. The van der Waals surface area contributed by atoms with Crippen molar-refractivity contribution in [1.82, 2.24) is 0 Å². The summed E-state index contributed by atoms with van der Waals surface area (Å²) in [6.07, 6.45) is 0. The van der Waals surface area contributed by atoms with E-state index in [1.807, 2.05) is 0 Å². The van der Waals surface area contributed by atoms with Gasteiger partial charge in [0.1, 0.15) is 5.69 Å². The number of nitrogens with zero attached hydrogens (tertiary/aromatic N) is 1. The molecule has 0 saturated heterocycles. The van der Waals surface area contributed by atoms with Gasteiger partial charge in [-0.2, -0.15) is 0 Å². The van der Waals surface area contributed by atoms with Gasteiger partial charge in [-0.05, 0) is 39.5 Å². The summed E-state index contributed by atoms with van der Waals surface area (Å²) in [4.78, 5) is 10.2. The highest BCUT2D eigenvalue weighted by atomic mass is 79.9. The van der Waals surface area contributed by atoms with E-state index in [1.54, 1.807) is 11.4 Å². The van der Waals surface area contributed by atoms with Crippen LogP contribution in [0.5, 0.6) is 0 Å². The molecule has 1 N–H and O–H groups in total. The molecule has 1 heterocycles. The van der Waals surface area contributed by atoms with Gasteiger partial charge < -0.3 is 0 Å². The number of nitrogens with one attached hydrogen (secondary N) is 1. The molecule has 0 aliphatic heterocycles. The van der Waals surface area contributed by atoms with Crippen molar-refractivity contribution in [2.24, 2.45) is 0 Å². The maximum absolute atomic E-state index is 12.2. The molecule has 0 bridgehead atoms. The van der Waals surface area contributed by atoms with Crippen LogP contribution in [0.1, 0.15) is 0 Å². The molecule has 1 aromatic heterocycles. The molecule has 2 aromatic rings. The van der Waals surface area contributed by atoms with Gasteiger partial charge in [-0.25, -0.2) is 8.42 Å². The molecular weight excluding hydrogens is 392 g/mol. The van der Waals surface area contributed by atoms with Crippen molar-refractivity contribution < 1.29 is 13.3 Å². The summed E-state index contributed by atoms with van der Waals surface area (Å²) in [5.41, 5.74) is -0.548. The number of nitro benzene ring substituents is 1. The molecule has 6 nitrogen and oxygen atoms in total. The van der Waals surface area contributed by atoms with Crippen LogP contribution in [0.2, 0.25) is 5.02 Å². The third kappa shape index (κ3) is 3.11. The fourth-order valence-corrected chi connectivity index (χ4v) is 4.99. The van der Waals surface area contributed by atoms with E-state index in [0.717, 1.165) is 17.4 Å². The summed E-state index contributed by atoms with van der Waals surface area (Å²) in [5.74, 6) is 0. The highest BCUT2D eigenvalue weighted by Crippen LogP contribution is 2.33. The molecule has 0 saturated carbocycles. The van der Waals surface area contributed by atoms with E-state index in [-0.39, 0.29) is 20.6 Å². The van der Waals surface area contributed by atoms with Gasteiger partial charge >= 0.3 is 0 Å². The molecule has 1 aromatic carbocycles. The number of hydrogen-bond donors (Lipinski definition) is 1. The minimum atomic E-state index is -3.91. The van der Waals surface area contributed by atoms with Crippen molar-refractivity contribution in [3.05, 3.63) is 49.3 Å². The van der Waals surface area contributed by atoms with Gasteiger partial charge in [-0.3, -0.25) is 14.8 Å². The Morgan fingerprint density at radius 3 is 2.60 bits per heavy atom. The summed E-state index contributed by atoms with van der Waals surface area (Å²) in [7, 11) is -3.91. The van der Waals surface area contributed by atoms with E-state index in [2.05, 4.69) is 20.7 Å². The smallest absolute Gasteiger partial charge is 0.272 e. The SMILES string of the molecule is O=[N+]([O-])c1ccc(Cl)cc1NS(=O)(=O)c1sccc1Br. The molecule has 0 fully saturated rings. The number of thiophene rings is 1. The number of sulfonamides is 1. The second-order valence-electron chi connectivity index (χ2n) is 3.58. The zero-order valence-electron chi connectivity index (χ0n) is 9.54. The van der Waals surface area contributed by atoms with E-state index in [4.69, 9.17) is 11.6 Å². The molecule has 0 unspecified atom stereocenters. The maximum Gasteiger partial charge on any atom is 0.293 e. The van der Waals surface area contributed by atoms with Crippen LogP contribution >= 0.6 is 38.9 Å². The van der Waals surface area contributed by atoms with Gasteiger partial charge in [0.2, 0.25) is 0 Å². The van der Waals surface area contributed by atoms with Crippen LogP contribution in [0, 0.1) is 10.1 Å². The first kappa shape index (κ1) is 15.2. The lowest BCUT2D eigenvalue weighted by molar-refractivity contribution is -0.383. The van der Waals surface area contributed by atoms with Crippen molar-refractivity contribution in [2.45, 2.75) is 4.21 Å². The lowest BCUT2D eigenvalue weighted by Gasteiger charge is -2.07. The van der Waals surface area contributed by atoms with Crippen LogP contribution in [0.15, 0.2) is 38.3 Å². The van der Waals surface area contributed by atoms with Crippen LogP contribution in [-0.4, -0.2) is 13.3 Å². The van der Waals surface area contributed by atoms with E-state index in [1.165, 1.54) is 12.1 Å². The Hall–Kier alpha value is -1.16. The van der Waals surface area contributed by atoms with E-state index in [9.17, 15) is 18.5 Å². The minimum Gasteiger partial charge on any atom is -0.272 e. The number of hydrogen-bond acceptors (Lipinski definition) is 5. The first-order valence-electron chi connectivity index (χ1n) is 5.01. The number of benzene rings is 1. The van der Waals surface area contributed by atoms with E-state index < -0.39 is 14.9 Å². The van der Waals surface area contributed by atoms with Crippen LogP contribution in [-0.2, 0) is 10.0 Å². The van der Waals surface area contributed by atoms with Crippen molar-refractivity contribution in [1.29, 1.82) is 0 Å². The molecule has 0 atom stereocenters. The first-order valence-corrected chi connectivity index (χ1v) is 8.54. The Morgan fingerprint density at radius 1 is 1.35 bits per heavy atom. The predicted octanol–water partition coefficient (Wildman–Crippen LogP) is 3.87. The Balaban J connectivity index is 2.47. The monoisotopic (exact) mass is 396 g/mol. The van der Waals surface area contributed by atoms with E-state index >= 15 is 0 Å². The standard InChI is InChI=1S/C10H6BrClN2O4S2/c11-7-3-4-19-10(7)20(17,18)13-8-5-6(12)1-2-9(8)14(15)16/h1-5,13H. The van der Waals surface area contributed by atoms with Crippen molar-refractivity contribution >= 4 is 60.3 Å². The number of halogens is 2. The van der Waals surface area contributed by atoms with Crippen molar-refractivity contribution in [2.75, 3.05) is 4.72 Å². The Labute approximate surface area is 131 Å². The van der Waals surface area contributed by atoms with Gasteiger partial charge in [0.05, 0.1) is 4.92 Å². The highest BCUT2D eigenvalue weighted by Gasteiger charge is 2.23. The second-order valence-corrected chi connectivity index (χ2v) is 7.66. The van der Waals surface area contributed by atoms with E-state index in [0.29, 0.717) is 4.47 Å². The number of nitro groups is 1. The van der Waals surface area contributed by atoms with Crippen LogP contribution in [0.25, 0.3) is 0 Å². The number of anilines is 1. The van der Waals surface area contributed by atoms with Crippen molar-refractivity contribution in [3.63, 3.8) is 0 Å². The zero-order valence-corrected chi connectivity index (χ0v) is 13.5. The molecule has 0 radical (unpaired) electrons. The van der Waals surface area contributed by atoms with Gasteiger partial charge in [-0.1, -0.05) is 11.6 Å². The molecule has 0 spiro atoms. The fourth-order valence-electron chi connectivity index (χ4n) is 1.41. The summed E-state index contributed by atoms with van der Waals surface area (Å²) >= 11 is 9.85. The molecule has 0 aliphatic rings. The summed E-state index contributed by atoms with van der Waals surface area (Å²) in [5, 5.41) is 12.7. The fraction of sp³-hybridized carbons (Fsp3) is 0. The van der Waals surface area contributed by atoms with Gasteiger partial charge in [0.25, 0.3) is 15.7 Å². The summed E-state index contributed by atoms with van der Waals surface area (Å²) in [6.45, 7) is 0. The molecule has 20 heavy (non-hydrogen) atoms. The van der Waals surface area contributed by atoms with Crippen LogP contribution in [0.3, 0.4) is 0 Å². The molecule has 0 amide bonds. The molecular formula is C10H6BrClN2O4S2. The molecule has 0 aliphatic carbocycles. The number of rotatable bonds is 4. The quantitative estimate of drug-likeness (QED) is 0.626. The Kier molecular flexibility index (Phi) is 4.33. The maximum atomic E-state index is 12.2. The Bertz CT molecular complexity index is 775. The molecule has 2 rings (SSSR count). The van der Waals surface area contributed by atoms with Crippen LogP contribution < -0.4 is 4.72 Å². The zero-order chi connectivity index (χ0) is 14.9. The lowest BCUT2D eigenvalue weighted by Crippen LogP contribution is -2.13. The second kappa shape index (κ2) is 5.68. The topological polar surface area (TPSA) is 89.3 Å². The third-order valence-corrected chi connectivity index (χ3v) is 6.50. The first-order chi connectivity index (χ1) is 9.31. The van der Waals surface area contributed by atoms with Gasteiger partial charge in [0.15, 0.2) is 4.21 Å². The minimum absolute atomic E-state index is 0.0340. The van der Waals surface area contributed by atoms with Crippen molar-refractivity contribution in [3.8, 4) is 0 Å². The summed E-state index contributed by atoms with van der Waals surface area (Å²) < 4.78 is 26.9. The highest BCUT2D eigenvalue weighted by molar-refractivity contribution is 9.10. The van der Waals surface area contributed by atoms with Gasteiger partial charge in [0, 0.05) is 15.6 Å². The van der Waals surface area contributed by atoms with Gasteiger partial charge in [-0.15, -0.1) is 11.3 Å². The average molecular weight is 398 g/mol. The lowest BCUT2D eigenvalue weighted by atomic mass is 10.3. The van der Waals surface area contributed by atoms with Crippen LogP contribution in [0.4, 0.5) is 11.4 Å².